The highest BCUT2D eigenvalue weighted by molar-refractivity contribution is 6.06. The minimum Gasteiger partial charge on any atom is -0.396 e. The lowest BCUT2D eigenvalue weighted by atomic mass is 10.2. The van der Waals surface area contributed by atoms with Gasteiger partial charge in [0.25, 0.3) is 5.91 Å². The van der Waals surface area contributed by atoms with Gasteiger partial charge in [-0.2, -0.15) is 5.10 Å². The van der Waals surface area contributed by atoms with Gasteiger partial charge in [-0.15, -0.1) is 5.10 Å². The van der Waals surface area contributed by atoms with Crippen molar-refractivity contribution in [3.63, 3.8) is 0 Å². The number of nitrogens with zero attached hydrogens (tertiary/aromatic N) is 6. The lowest BCUT2D eigenvalue weighted by Crippen LogP contribution is -2.14. The van der Waals surface area contributed by atoms with Crippen LogP contribution in [-0.2, 0) is 7.05 Å². The number of nitrogens with two attached hydrogens (primary N) is 1. The van der Waals surface area contributed by atoms with Gasteiger partial charge in [-0.05, 0) is 34.7 Å². The molecule has 21 heavy (non-hydrogen) atoms. The third-order valence-corrected chi connectivity index (χ3v) is 2.81. The second-order valence-electron chi connectivity index (χ2n) is 4.36. The monoisotopic (exact) mass is 284 g/mol. The zero-order valence-electron chi connectivity index (χ0n) is 11.1. The van der Waals surface area contributed by atoms with Gasteiger partial charge in [-0.3, -0.25) is 9.48 Å². The van der Waals surface area contributed by atoms with Gasteiger partial charge in [0.05, 0.1) is 11.4 Å². The molecule has 2 aromatic heterocycles. The number of carbonyl (C=O) groups excluding carboxylic acids is 1. The molecule has 3 aromatic rings. The summed E-state index contributed by atoms with van der Waals surface area (Å²) < 4.78 is 3.01. The molecule has 0 unspecified atom stereocenters. The van der Waals surface area contributed by atoms with E-state index in [1.165, 1.54) is 15.7 Å². The smallest absolute Gasteiger partial charge is 0.278 e. The first-order valence-corrected chi connectivity index (χ1v) is 6.07. The van der Waals surface area contributed by atoms with Crippen molar-refractivity contribution in [3.8, 4) is 5.69 Å². The summed E-state index contributed by atoms with van der Waals surface area (Å²) in [5.41, 5.74) is 7.66. The third-order valence-electron chi connectivity index (χ3n) is 2.81. The Kier molecular flexibility index (Phi) is 3.07. The molecule has 2 heterocycles. The summed E-state index contributed by atoms with van der Waals surface area (Å²) in [4.78, 5) is 12.1. The number of nitrogens with one attached hydrogen (secondary N) is 1. The van der Waals surface area contributed by atoms with Crippen LogP contribution in [0.1, 0.15) is 10.5 Å². The van der Waals surface area contributed by atoms with Crippen molar-refractivity contribution in [1.82, 2.24) is 30.0 Å². The Bertz CT molecular complexity index is 759. The number of hydrogen-bond acceptors (Lipinski definition) is 6. The number of nitrogen functional groups attached to an aromatic ring is 1. The Hall–Kier alpha value is -3.23. The molecule has 0 aliphatic heterocycles. The van der Waals surface area contributed by atoms with Crippen molar-refractivity contribution < 1.29 is 4.79 Å². The van der Waals surface area contributed by atoms with Gasteiger partial charge in [0.15, 0.2) is 5.69 Å². The van der Waals surface area contributed by atoms with E-state index in [4.69, 9.17) is 5.73 Å². The molecule has 3 N–H and O–H groups in total. The molecule has 0 aliphatic carbocycles. The summed E-state index contributed by atoms with van der Waals surface area (Å²) in [7, 11) is 1.70. The summed E-state index contributed by atoms with van der Waals surface area (Å²) >= 11 is 0. The van der Waals surface area contributed by atoms with Crippen LogP contribution in [0.5, 0.6) is 0 Å². The minimum atomic E-state index is -0.358. The summed E-state index contributed by atoms with van der Waals surface area (Å²) in [5.74, 6) is -0.358. The summed E-state index contributed by atoms with van der Waals surface area (Å²) in [6.45, 7) is 0. The fourth-order valence-electron chi connectivity index (χ4n) is 1.85. The Balaban J connectivity index is 1.76. The molecule has 106 valence electrons. The molecule has 1 amide bonds. The predicted octanol–water partition coefficient (Wildman–Crippen LogP) is 0.230. The van der Waals surface area contributed by atoms with Crippen LogP contribution in [0.25, 0.3) is 5.69 Å². The van der Waals surface area contributed by atoms with Crippen LogP contribution in [-0.4, -0.2) is 35.9 Å². The fraction of sp³-hybridized carbons (Fsp3) is 0.0833. The largest absolute Gasteiger partial charge is 0.396 e. The van der Waals surface area contributed by atoms with Crippen molar-refractivity contribution in [2.45, 2.75) is 0 Å². The molecule has 0 spiro atoms. The topological polar surface area (TPSA) is 117 Å². The zero-order chi connectivity index (χ0) is 14.8. The van der Waals surface area contributed by atoms with Crippen molar-refractivity contribution in [3.05, 3.63) is 42.5 Å². The van der Waals surface area contributed by atoms with Gasteiger partial charge < -0.3 is 11.1 Å². The number of anilines is 2. The van der Waals surface area contributed by atoms with Gasteiger partial charge in [0, 0.05) is 18.9 Å². The maximum absolute atomic E-state index is 12.1. The van der Waals surface area contributed by atoms with E-state index in [0.717, 1.165) is 5.69 Å². The molecular weight excluding hydrogens is 272 g/mol. The molecule has 0 radical (unpaired) electrons. The number of carbonyl (C=O) groups is 1. The molecule has 9 nitrogen and oxygen atoms in total. The highest BCUT2D eigenvalue weighted by atomic mass is 16.2. The first kappa shape index (κ1) is 12.8. The molecule has 0 saturated heterocycles. The van der Waals surface area contributed by atoms with Crippen molar-refractivity contribution in [2.24, 2.45) is 7.05 Å². The molecule has 0 saturated carbocycles. The Labute approximate surface area is 119 Å². The third kappa shape index (κ3) is 2.56. The lowest BCUT2D eigenvalue weighted by Gasteiger charge is -2.05. The Morgan fingerprint density at radius 1 is 1.29 bits per heavy atom. The maximum Gasteiger partial charge on any atom is 0.278 e. The van der Waals surface area contributed by atoms with Crippen LogP contribution >= 0.6 is 0 Å². The van der Waals surface area contributed by atoms with Crippen molar-refractivity contribution >= 4 is 17.3 Å². The minimum absolute atomic E-state index is 0.196. The van der Waals surface area contributed by atoms with Crippen LogP contribution < -0.4 is 11.1 Å². The SMILES string of the molecule is Cn1cc(N)c(C(=O)Nc2ccc(-n3cnnn3)cc2)n1. The normalized spacial score (nSPS) is 10.5. The van der Waals surface area contributed by atoms with Gasteiger partial charge in [-0.25, -0.2) is 4.68 Å². The zero-order valence-corrected chi connectivity index (χ0v) is 11.1. The number of tetrazole rings is 1. The lowest BCUT2D eigenvalue weighted by molar-refractivity contribution is 0.102. The molecule has 0 aliphatic rings. The van der Waals surface area contributed by atoms with E-state index < -0.39 is 0 Å². The first-order chi connectivity index (χ1) is 10.1. The van der Waals surface area contributed by atoms with Crippen LogP contribution in [0.2, 0.25) is 0 Å². The van der Waals surface area contributed by atoms with E-state index in [9.17, 15) is 4.79 Å². The first-order valence-electron chi connectivity index (χ1n) is 6.07. The fourth-order valence-corrected chi connectivity index (χ4v) is 1.85. The second kappa shape index (κ2) is 5.04. The standard InChI is InChI=1S/C12H12N8O/c1-19-6-10(13)11(16-19)12(21)15-8-2-4-9(5-3-8)20-7-14-17-18-20/h2-7H,13H2,1H3,(H,15,21). The molecule has 0 atom stereocenters. The molecule has 1 aromatic carbocycles. The van der Waals surface area contributed by atoms with E-state index in [1.54, 1.807) is 37.5 Å². The van der Waals surface area contributed by atoms with Crippen molar-refractivity contribution in [2.75, 3.05) is 11.1 Å². The number of benzene rings is 1. The highest BCUT2D eigenvalue weighted by Gasteiger charge is 2.14. The average molecular weight is 284 g/mol. The van der Waals surface area contributed by atoms with Crippen LogP contribution in [0.3, 0.4) is 0 Å². The molecule has 3 rings (SSSR count). The van der Waals surface area contributed by atoms with Crippen LogP contribution in [0.15, 0.2) is 36.8 Å². The van der Waals surface area contributed by atoms with Crippen LogP contribution in [0.4, 0.5) is 11.4 Å². The Morgan fingerprint density at radius 3 is 2.62 bits per heavy atom. The summed E-state index contributed by atoms with van der Waals surface area (Å²) in [5, 5.41) is 17.6. The summed E-state index contributed by atoms with van der Waals surface area (Å²) in [6.07, 6.45) is 3.07. The van der Waals surface area contributed by atoms with Crippen molar-refractivity contribution in [1.29, 1.82) is 0 Å². The van der Waals surface area contributed by atoms with Gasteiger partial charge in [0.2, 0.25) is 0 Å². The van der Waals surface area contributed by atoms with E-state index in [0.29, 0.717) is 11.4 Å². The van der Waals surface area contributed by atoms with Gasteiger partial charge in [0.1, 0.15) is 6.33 Å². The molecule has 0 bridgehead atoms. The number of aryl methyl sites for hydroxylation is 1. The van der Waals surface area contributed by atoms with E-state index in [2.05, 4.69) is 25.9 Å². The Morgan fingerprint density at radius 2 is 2.05 bits per heavy atom. The number of amides is 1. The number of aromatic nitrogens is 6. The van der Waals surface area contributed by atoms with E-state index >= 15 is 0 Å². The predicted molar refractivity (Wildman–Crippen MR) is 74.7 cm³/mol. The summed E-state index contributed by atoms with van der Waals surface area (Å²) in [6, 6.07) is 7.06. The number of rotatable bonds is 3. The molecule has 0 fully saturated rings. The molecule has 9 heteroatoms. The van der Waals surface area contributed by atoms with E-state index in [1.807, 2.05) is 0 Å². The highest BCUT2D eigenvalue weighted by Crippen LogP contribution is 2.15. The maximum atomic E-state index is 12.1. The average Bonchev–Trinajstić information content (AvgIpc) is 3.09. The number of hydrogen-bond donors (Lipinski definition) is 2. The van der Waals surface area contributed by atoms with E-state index in [-0.39, 0.29) is 11.6 Å². The van der Waals surface area contributed by atoms with Gasteiger partial charge >= 0.3 is 0 Å². The molecular formula is C12H12N8O. The van der Waals surface area contributed by atoms with Gasteiger partial charge in [-0.1, -0.05) is 0 Å². The second-order valence-corrected chi connectivity index (χ2v) is 4.36. The quantitative estimate of drug-likeness (QED) is 0.711. The van der Waals surface area contributed by atoms with Crippen LogP contribution in [0, 0.1) is 0 Å².